The van der Waals surface area contributed by atoms with Gasteiger partial charge in [0.25, 0.3) is 0 Å². The normalized spacial score (nSPS) is 15.4. The molecule has 1 saturated heterocycles. The van der Waals surface area contributed by atoms with Gasteiger partial charge in [-0.25, -0.2) is 4.98 Å². The van der Waals surface area contributed by atoms with Crippen molar-refractivity contribution in [2.75, 3.05) is 31.1 Å². The van der Waals surface area contributed by atoms with Gasteiger partial charge in [0.05, 0.1) is 17.8 Å². The average molecular weight is 389 g/mol. The smallest absolute Gasteiger partial charge is 0.233 e. The SMILES string of the molecule is Cc1cccc(N2CCN(C(=O)C(C)c3ncc(-c4ccccc4)[nH]3)CC2)c1C. The first kappa shape index (κ1) is 19.2. The van der Waals surface area contributed by atoms with Gasteiger partial charge in [0.2, 0.25) is 5.91 Å². The summed E-state index contributed by atoms with van der Waals surface area (Å²) in [6.07, 6.45) is 1.81. The van der Waals surface area contributed by atoms with Gasteiger partial charge in [-0.2, -0.15) is 0 Å². The number of hydrogen-bond donors (Lipinski definition) is 1. The lowest BCUT2D eigenvalue weighted by Crippen LogP contribution is -2.50. The van der Waals surface area contributed by atoms with E-state index in [1.807, 2.05) is 48.4 Å². The van der Waals surface area contributed by atoms with Gasteiger partial charge >= 0.3 is 0 Å². The van der Waals surface area contributed by atoms with E-state index in [1.165, 1.54) is 16.8 Å². The predicted octanol–water partition coefficient (Wildman–Crippen LogP) is 4.15. The van der Waals surface area contributed by atoms with E-state index < -0.39 is 0 Å². The minimum Gasteiger partial charge on any atom is -0.368 e. The van der Waals surface area contributed by atoms with E-state index in [-0.39, 0.29) is 11.8 Å². The highest BCUT2D eigenvalue weighted by Crippen LogP contribution is 2.25. The molecule has 150 valence electrons. The van der Waals surface area contributed by atoms with E-state index in [0.29, 0.717) is 0 Å². The van der Waals surface area contributed by atoms with E-state index in [4.69, 9.17) is 0 Å². The second-order valence-electron chi connectivity index (χ2n) is 7.80. The number of piperazine rings is 1. The molecule has 1 N–H and O–H groups in total. The van der Waals surface area contributed by atoms with E-state index in [0.717, 1.165) is 43.3 Å². The molecule has 5 heteroatoms. The molecule has 2 heterocycles. The third-order valence-electron chi connectivity index (χ3n) is 5.97. The monoisotopic (exact) mass is 388 g/mol. The van der Waals surface area contributed by atoms with Crippen LogP contribution in [0.2, 0.25) is 0 Å². The second-order valence-corrected chi connectivity index (χ2v) is 7.80. The number of carbonyl (C=O) groups excluding carboxylic acids is 1. The van der Waals surface area contributed by atoms with Crippen LogP contribution in [0.4, 0.5) is 5.69 Å². The highest BCUT2D eigenvalue weighted by Gasteiger charge is 2.28. The summed E-state index contributed by atoms with van der Waals surface area (Å²) in [6, 6.07) is 16.5. The molecular weight excluding hydrogens is 360 g/mol. The molecule has 1 aromatic heterocycles. The van der Waals surface area contributed by atoms with Crippen LogP contribution in [-0.2, 0) is 4.79 Å². The number of rotatable bonds is 4. The van der Waals surface area contributed by atoms with Gasteiger partial charge in [-0.15, -0.1) is 0 Å². The molecule has 0 aliphatic carbocycles. The zero-order valence-corrected chi connectivity index (χ0v) is 17.4. The van der Waals surface area contributed by atoms with Crippen LogP contribution in [0.3, 0.4) is 0 Å². The van der Waals surface area contributed by atoms with Crippen LogP contribution in [-0.4, -0.2) is 47.0 Å². The standard InChI is InChI=1S/C24H28N4O/c1-17-8-7-11-22(18(17)2)27-12-14-28(15-13-27)24(29)19(3)23-25-16-21(26-23)20-9-5-4-6-10-20/h4-11,16,19H,12-15H2,1-3H3,(H,25,26). The zero-order valence-electron chi connectivity index (χ0n) is 17.4. The molecular formula is C24H28N4O. The molecule has 1 unspecified atom stereocenters. The Balaban J connectivity index is 1.41. The molecule has 2 aromatic carbocycles. The van der Waals surface area contributed by atoms with Crippen molar-refractivity contribution in [3.05, 3.63) is 71.7 Å². The van der Waals surface area contributed by atoms with E-state index in [2.05, 4.69) is 46.9 Å². The van der Waals surface area contributed by atoms with Crippen molar-refractivity contribution in [1.29, 1.82) is 0 Å². The lowest BCUT2D eigenvalue weighted by Gasteiger charge is -2.37. The number of imidazole rings is 1. The fraction of sp³-hybridized carbons (Fsp3) is 0.333. The highest BCUT2D eigenvalue weighted by atomic mass is 16.2. The van der Waals surface area contributed by atoms with E-state index in [1.54, 1.807) is 0 Å². The number of hydrogen-bond acceptors (Lipinski definition) is 3. The number of amides is 1. The quantitative estimate of drug-likeness (QED) is 0.731. The Morgan fingerprint density at radius 2 is 1.72 bits per heavy atom. The molecule has 1 atom stereocenters. The van der Waals surface area contributed by atoms with Gasteiger partial charge in [-0.1, -0.05) is 42.5 Å². The Hall–Kier alpha value is -3.08. The minimum atomic E-state index is -0.278. The van der Waals surface area contributed by atoms with Crippen molar-refractivity contribution in [2.45, 2.75) is 26.7 Å². The van der Waals surface area contributed by atoms with Gasteiger partial charge < -0.3 is 14.8 Å². The largest absolute Gasteiger partial charge is 0.368 e. The molecule has 3 aromatic rings. The van der Waals surface area contributed by atoms with Crippen LogP contribution in [0, 0.1) is 13.8 Å². The van der Waals surface area contributed by atoms with Gasteiger partial charge in [0.15, 0.2) is 0 Å². The number of nitrogens with one attached hydrogen (secondary N) is 1. The first-order valence-corrected chi connectivity index (χ1v) is 10.2. The van der Waals surface area contributed by atoms with Gasteiger partial charge in [-0.05, 0) is 43.5 Å². The molecule has 5 nitrogen and oxygen atoms in total. The Morgan fingerprint density at radius 1 is 1.00 bits per heavy atom. The maximum atomic E-state index is 13.1. The lowest BCUT2D eigenvalue weighted by atomic mass is 10.1. The van der Waals surface area contributed by atoms with Crippen LogP contribution in [0.25, 0.3) is 11.3 Å². The van der Waals surface area contributed by atoms with Crippen LogP contribution in [0.5, 0.6) is 0 Å². The Bertz CT molecular complexity index is 987. The van der Waals surface area contributed by atoms with Crippen molar-refractivity contribution >= 4 is 11.6 Å². The molecule has 1 aliphatic heterocycles. The number of aromatic nitrogens is 2. The fourth-order valence-electron chi connectivity index (χ4n) is 3.96. The molecule has 0 radical (unpaired) electrons. The van der Waals surface area contributed by atoms with Crippen LogP contribution in [0.15, 0.2) is 54.7 Å². The topological polar surface area (TPSA) is 52.2 Å². The van der Waals surface area contributed by atoms with Gasteiger partial charge in [-0.3, -0.25) is 4.79 Å². The third-order valence-corrected chi connectivity index (χ3v) is 5.97. The Morgan fingerprint density at radius 3 is 2.45 bits per heavy atom. The maximum absolute atomic E-state index is 13.1. The van der Waals surface area contributed by atoms with Gasteiger partial charge in [0.1, 0.15) is 5.82 Å². The molecule has 1 aliphatic rings. The number of nitrogens with zero attached hydrogens (tertiary/aromatic N) is 3. The fourth-order valence-corrected chi connectivity index (χ4v) is 3.96. The van der Waals surface area contributed by atoms with Crippen LogP contribution >= 0.6 is 0 Å². The summed E-state index contributed by atoms with van der Waals surface area (Å²) in [4.78, 5) is 25.2. The molecule has 0 saturated carbocycles. The summed E-state index contributed by atoms with van der Waals surface area (Å²) in [7, 11) is 0. The number of benzene rings is 2. The summed E-state index contributed by atoms with van der Waals surface area (Å²) < 4.78 is 0. The summed E-state index contributed by atoms with van der Waals surface area (Å²) in [5, 5.41) is 0. The highest BCUT2D eigenvalue weighted by molar-refractivity contribution is 5.83. The zero-order chi connectivity index (χ0) is 20.4. The van der Waals surface area contributed by atoms with Crippen LogP contribution in [0.1, 0.15) is 29.8 Å². The summed E-state index contributed by atoms with van der Waals surface area (Å²) in [5.74, 6) is 0.588. The average Bonchev–Trinajstić information content (AvgIpc) is 3.26. The molecule has 0 spiro atoms. The molecule has 29 heavy (non-hydrogen) atoms. The van der Waals surface area contributed by atoms with E-state index in [9.17, 15) is 4.79 Å². The number of anilines is 1. The van der Waals surface area contributed by atoms with Crippen molar-refractivity contribution in [3.63, 3.8) is 0 Å². The Kier molecular flexibility index (Phi) is 5.38. The summed E-state index contributed by atoms with van der Waals surface area (Å²) in [6.45, 7) is 9.45. The second kappa shape index (κ2) is 8.11. The van der Waals surface area contributed by atoms with Crippen molar-refractivity contribution in [1.82, 2.24) is 14.9 Å². The number of H-pyrrole nitrogens is 1. The van der Waals surface area contributed by atoms with Crippen molar-refractivity contribution in [3.8, 4) is 11.3 Å². The van der Waals surface area contributed by atoms with Gasteiger partial charge in [0, 0.05) is 31.9 Å². The number of aryl methyl sites for hydroxylation is 1. The number of carbonyl (C=O) groups is 1. The molecule has 1 fully saturated rings. The predicted molar refractivity (Wildman–Crippen MR) is 117 cm³/mol. The first-order valence-electron chi connectivity index (χ1n) is 10.2. The minimum absolute atomic E-state index is 0.138. The van der Waals surface area contributed by atoms with Crippen molar-refractivity contribution < 1.29 is 4.79 Å². The third kappa shape index (κ3) is 3.90. The lowest BCUT2D eigenvalue weighted by molar-refractivity contribution is -0.132. The van der Waals surface area contributed by atoms with Crippen LogP contribution < -0.4 is 4.90 Å². The first-order chi connectivity index (χ1) is 14.0. The molecule has 0 bridgehead atoms. The van der Waals surface area contributed by atoms with Crippen molar-refractivity contribution in [2.24, 2.45) is 0 Å². The summed E-state index contributed by atoms with van der Waals surface area (Å²) in [5.41, 5.74) is 5.93. The summed E-state index contributed by atoms with van der Waals surface area (Å²) >= 11 is 0. The molecule has 4 rings (SSSR count). The van der Waals surface area contributed by atoms with E-state index >= 15 is 0 Å². The molecule has 1 amide bonds. The Labute approximate surface area is 172 Å². The maximum Gasteiger partial charge on any atom is 0.233 e. The number of aromatic amines is 1.